The van der Waals surface area contributed by atoms with Gasteiger partial charge in [0, 0.05) is 27.5 Å². The molecule has 252 valence electrons. The second-order valence-corrected chi connectivity index (χ2v) is 16.5. The SMILES string of the molecule is CC1(C)c2ccccc2-c2ccc(N(c3ccccc3-c3cccc4c3C(C)(C)c3ccccc3-4)c3cccc4c3C(C)(C)c3ccccc3-4)cc21. The van der Waals surface area contributed by atoms with E-state index in [0.717, 1.165) is 0 Å². The van der Waals surface area contributed by atoms with Gasteiger partial charge in [-0.3, -0.25) is 0 Å². The van der Waals surface area contributed by atoms with Crippen LogP contribution in [0.1, 0.15) is 74.9 Å². The molecule has 3 aliphatic carbocycles. The van der Waals surface area contributed by atoms with Crippen molar-refractivity contribution in [3.05, 3.63) is 185 Å². The van der Waals surface area contributed by atoms with Crippen molar-refractivity contribution in [3.63, 3.8) is 0 Å². The van der Waals surface area contributed by atoms with E-state index in [9.17, 15) is 0 Å². The van der Waals surface area contributed by atoms with Gasteiger partial charge in [0.15, 0.2) is 0 Å². The number of hydrogen-bond acceptors (Lipinski definition) is 1. The summed E-state index contributed by atoms with van der Waals surface area (Å²) < 4.78 is 0. The van der Waals surface area contributed by atoms with E-state index in [0.29, 0.717) is 0 Å². The van der Waals surface area contributed by atoms with Gasteiger partial charge in [-0.05, 0) is 96.6 Å². The Balaban J connectivity index is 1.26. The number of rotatable bonds is 4. The molecule has 0 N–H and O–H groups in total. The quantitative estimate of drug-likeness (QED) is 0.180. The molecule has 10 rings (SSSR count). The van der Waals surface area contributed by atoms with Gasteiger partial charge in [0.1, 0.15) is 0 Å². The van der Waals surface area contributed by atoms with Crippen molar-refractivity contribution in [1.29, 1.82) is 0 Å². The highest BCUT2D eigenvalue weighted by atomic mass is 15.1. The Labute approximate surface area is 308 Å². The maximum absolute atomic E-state index is 2.58. The summed E-state index contributed by atoms with van der Waals surface area (Å²) in [5.41, 5.74) is 22.1. The highest BCUT2D eigenvalue weighted by molar-refractivity contribution is 5.98. The molecule has 7 aromatic carbocycles. The normalized spacial score (nSPS) is 16.0. The van der Waals surface area contributed by atoms with Crippen molar-refractivity contribution in [3.8, 4) is 44.5 Å². The number of para-hydroxylation sites is 1. The Bertz CT molecular complexity index is 2610. The van der Waals surface area contributed by atoms with Crippen LogP contribution in [-0.2, 0) is 16.2 Å². The van der Waals surface area contributed by atoms with E-state index in [1.165, 1.54) is 95.0 Å². The third kappa shape index (κ3) is 4.05. The third-order valence-electron chi connectivity index (χ3n) is 12.6. The van der Waals surface area contributed by atoms with E-state index >= 15 is 0 Å². The molecule has 0 radical (unpaired) electrons. The van der Waals surface area contributed by atoms with Gasteiger partial charge in [-0.25, -0.2) is 0 Å². The standard InChI is InChI=1S/C51H43N/c1-49(2)41-24-11-7-17-33(41)36-30-29-32(31-44(36)49)52(46-28-16-23-39-35-19-9-13-26-43(35)51(5,6)48(39)46)45-27-14-10-20-37(45)40-22-15-21-38-34-18-8-12-25-42(34)50(3,4)47(38)40/h7-31H,1-6H3. The van der Waals surface area contributed by atoms with Gasteiger partial charge in [-0.2, -0.15) is 0 Å². The summed E-state index contributed by atoms with van der Waals surface area (Å²) >= 11 is 0. The van der Waals surface area contributed by atoms with Gasteiger partial charge >= 0.3 is 0 Å². The first-order chi connectivity index (χ1) is 25.1. The molecule has 1 nitrogen and oxygen atoms in total. The largest absolute Gasteiger partial charge is 0.310 e. The molecule has 0 atom stereocenters. The lowest BCUT2D eigenvalue weighted by Gasteiger charge is -2.34. The highest BCUT2D eigenvalue weighted by Gasteiger charge is 2.41. The fourth-order valence-electron chi connectivity index (χ4n) is 10.2. The zero-order valence-electron chi connectivity index (χ0n) is 30.9. The fraction of sp³-hybridized carbons (Fsp3) is 0.176. The predicted octanol–water partition coefficient (Wildman–Crippen LogP) is 13.7. The van der Waals surface area contributed by atoms with E-state index in [4.69, 9.17) is 0 Å². The molecular formula is C51H43N. The van der Waals surface area contributed by atoms with Crippen LogP contribution in [0.3, 0.4) is 0 Å². The summed E-state index contributed by atoms with van der Waals surface area (Å²) in [6.07, 6.45) is 0. The monoisotopic (exact) mass is 669 g/mol. The Morgan fingerprint density at radius 1 is 0.308 bits per heavy atom. The lowest BCUT2D eigenvalue weighted by Crippen LogP contribution is -2.22. The van der Waals surface area contributed by atoms with Crippen molar-refractivity contribution >= 4 is 17.1 Å². The lowest BCUT2D eigenvalue weighted by molar-refractivity contribution is 0.658. The van der Waals surface area contributed by atoms with Crippen LogP contribution in [0.2, 0.25) is 0 Å². The zero-order chi connectivity index (χ0) is 35.6. The van der Waals surface area contributed by atoms with Gasteiger partial charge in [0.2, 0.25) is 0 Å². The molecule has 0 unspecified atom stereocenters. The minimum Gasteiger partial charge on any atom is -0.310 e. The Hall–Kier alpha value is -5.66. The van der Waals surface area contributed by atoms with E-state index < -0.39 is 0 Å². The molecule has 0 aromatic heterocycles. The van der Waals surface area contributed by atoms with Gasteiger partial charge in [0.25, 0.3) is 0 Å². The number of anilines is 3. The average molecular weight is 670 g/mol. The van der Waals surface area contributed by atoms with E-state index in [1.54, 1.807) is 0 Å². The number of nitrogens with zero attached hydrogens (tertiary/aromatic N) is 1. The summed E-state index contributed by atoms with van der Waals surface area (Å²) in [6, 6.07) is 57.1. The summed E-state index contributed by atoms with van der Waals surface area (Å²) in [5.74, 6) is 0. The van der Waals surface area contributed by atoms with Crippen molar-refractivity contribution < 1.29 is 0 Å². The van der Waals surface area contributed by atoms with E-state index in [2.05, 4.69) is 198 Å². The lowest BCUT2D eigenvalue weighted by atomic mass is 9.78. The van der Waals surface area contributed by atoms with Crippen LogP contribution in [0.4, 0.5) is 17.1 Å². The van der Waals surface area contributed by atoms with Gasteiger partial charge in [-0.15, -0.1) is 0 Å². The van der Waals surface area contributed by atoms with Crippen LogP contribution >= 0.6 is 0 Å². The van der Waals surface area contributed by atoms with Crippen LogP contribution in [-0.4, -0.2) is 0 Å². The van der Waals surface area contributed by atoms with Crippen molar-refractivity contribution in [1.82, 2.24) is 0 Å². The smallest absolute Gasteiger partial charge is 0.0540 e. The van der Waals surface area contributed by atoms with Crippen LogP contribution in [0.5, 0.6) is 0 Å². The molecular weight excluding hydrogens is 627 g/mol. The number of fused-ring (bicyclic) bond motifs is 9. The van der Waals surface area contributed by atoms with Crippen LogP contribution in [0, 0.1) is 0 Å². The maximum Gasteiger partial charge on any atom is 0.0540 e. The fourth-order valence-corrected chi connectivity index (χ4v) is 10.2. The van der Waals surface area contributed by atoms with Crippen LogP contribution < -0.4 is 4.90 Å². The molecule has 52 heavy (non-hydrogen) atoms. The number of hydrogen-bond donors (Lipinski definition) is 0. The molecule has 0 amide bonds. The first-order valence-electron chi connectivity index (χ1n) is 18.7. The van der Waals surface area contributed by atoms with Crippen LogP contribution in [0.15, 0.2) is 152 Å². The zero-order valence-corrected chi connectivity index (χ0v) is 30.9. The molecule has 1 heteroatoms. The third-order valence-corrected chi connectivity index (χ3v) is 12.6. The summed E-state index contributed by atoms with van der Waals surface area (Å²) in [5, 5.41) is 0. The molecule has 0 aliphatic heterocycles. The second kappa shape index (κ2) is 10.7. The summed E-state index contributed by atoms with van der Waals surface area (Å²) in [7, 11) is 0. The minimum atomic E-state index is -0.181. The minimum absolute atomic E-state index is 0.114. The Kier molecular flexibility index (Phi) is 6.39. The van der Waals surface area contributed by atoms with Gasteiger partial charge < -0.3 is 4.90 Å². The molecule has 0 saturated heterocycles. The molecule has 0 spiro atoms. The maximum atomic E-state index is 2.58. The van der Waals surface area contributed by atoms with Crippen molar-refractivity contribution in [2.24, 2.45) is 0 Å². The molecule has 0 heterocycles. The van der Waals surface area contributed by atoms with Gasteiger partial charge in [-0.1, -0.05) is 169 Å². The summed E-state index contributed by atoms with van der Waals surface area (Å²) in [6.45, 7) is 14.4. The van der Waals surface area contributed by atoms with Crippen LogP contribution in [0.25, 0.3) is 44.5 Å². The second-order valence-electron chi connectivity index (χ2n) is 16.5. The van der Waals surface area contributed by atoms with Crippen molar-refractivity contribution in [2.45, 2.75) is 57.8 Å². The van der Waals surface area contributed by atoms with Gasteiger partial charge in [0.05, 0.1) is 11.4 Å². The average Bonchev–Trinajstić information content (AvgIpc) is 3.65. The Morgan fingerprint density at radius 3 is 1.35 bits per heavy atom. The predicted molar refractivity (Wildman–Crippen MR) is 219 cm³/mol. The molecule has 3 aliphatic rings. The summed E-state index contributed by atoms with van der Waals surface area (Å²) in [4.78, 5) is 2.58. The highest BCUT2D eigenvalue weighted by Crippen LogP contribution is 2.58. The van der Waals surface area contributed by atoms with E-state index in [1.807, 2.05) is 0 Å². The number of benzene rings is 7. The first kappa shape index (κ1) is 31.1. The molecule has 7 aromatic rings. The first-order valence-corrected chi connectivity index (χ1v) is 18.7. The molecule has 0 bridgehead atoms. The van der Waals surface area contributed by atoms with E-state index in [-0.39, 0.29) is 16.2 Å². The molecule has 0 saturated carbocycles. The van der Waals surface area contributed by atoms with Crippen molar-refractivity contribution in [2.75, 3.05) is 4.90 Å². The topological polar surface area (TPSA) is 3.24 Å². The molecule has 0 fully saturated rings. The Morgan fingerprint density at radius 2 is 0.712 bits per heavy atom.